The number of benzene rings is 1. The normalized spacial score (nSPS) is 19.2. The molecule has 1 aliphatic heterocycles. The molecular formula is C11H9FN2O2S. The van der Waals surface area contributed by atoms with Gasteiger partial charge in [-0.15, -0.1) is 10.6 Å². The molecule has 0 unspecified atom stereocenters. The molecule has 0 bridgehead atoms. The van der Waals surface area contributed by atoms with Crippen LogP contribution >= 0.6 is 10.6 Å². The van der Waals surface area contributed by atoms with Crippen LogP contribution < -0.4 is 0 Å². The molecule has 2 N–H and O–H groups in total. The molecule has 17 heavy (non-hydrogen) atoms. The van der Waals surface area contributed by atoms with E-state index in [0.717, 1.165) is 12.1 Å². The van der Waals surface area contributed by atoms with E-state index in [9.17, 15) is 13.5 Å². The number of nitriles is 1. The zero-order valence-electron chi connectivity index (χ0n) is 8.88. The van der Waals surface area contributed by atoms with Gasteiger partial charge < -0.3 is 0 Å². The van der Waals surface area contributed by atoms with E-state index in [-0.39, 0.29) is 16.2 Å². The van der Waals surface area contributed by atoms with Crippen molar-refractivity contribution in [3.8, 4) is 6.07 Å². The van der Waals surface area contributed by atoms with Gasteiger partial charge in [0.1, 0.15) is 5.82 Å². The Morgan fingerprint density at radius 2 is 2.12 bits per heavy atom. The van der Waals surface area contributed by atoms with Crippen molar-refractivity contribution in [3.63, 3.8) is 0 Å². The van der Waals surface area contributed by atoms with E-state index in [4.69, 9.17) is 5.26 Å². The molecule has 6 heteroatoms. The van der Waals surface area contributed by atoms with E-state index in [1.165, 1.54) is 19.2 Å². The minimum atomic E-state index is -3.17. The van der Waals surface area contributed by atoms with Gasteiger partial charge >= 0.3 is 0 Å². The molecule has 2 rings (SSSR count). The van der Waals surface area contributed by atoms with Gasteiger partial charge in [0.2, 0.25) is 0 Å². The number of rotatable bonds is 1. The predicted molar refractivity (Wildman–Crippen MR) is 64.3 cm³/mol. The summed E-state index contributed by atoms with van der Waals surface area (Å²) in [5, 5.41) is 8.86. The molecule has 1 aromatic rings. The molecular weight excluding hydrogens is 243 g/mol. The van der Waals surface area contributed by atoms with E-state index in [0.29, 0.717) is 4.91 Å². The number of nitrogens with zero attached hydrogens (tertiary/aromatic N) is 2. The van der Waals surface area contributed by atoms with E-state index in [1.54, 1.807) is 0 Å². The van der Waals surface area contributed by atoms with Crippen LogP contribution in [0.3, 0.4) is 0 Å². The third kappa shape index (κ3) is 1.85. The van der Waals surface area contributed by atoms with E-state index < -0.39 is 16.4 Å². The third-order valence-corrected chi connectivity index (χ3v) is 4.28. The first-order chi connectivity index (χ1) is 7.96. The molecule has 0 radical (unpaired) electrons. The highest BCUT2D eigenvalue weighted by molar-refractivity contribution is 8.40. The molecule has 0 fully saturated rings. The first kappa shape index (κ1) is 11.8. The highest BCUT2D eigenvalue weighted by Gasteiger charge is 2.30. The molecule has 0 amide bonds. The summed E-state index contributed by atoms with van der Waals surface area (Å²) in [6, 6.07) is 5.38. The first-order valence-corrected chi connectivity index (χ1v) is 6.24. The van der Waals surface area contributed by atoms with Crippen LogP contribution in [0.2, 0.25) is 0 Å². The zero-order valence-corrected chi connectivity index (χ0v) is 9.70. The van der Waals surface area contributed by atoms with Gasteiger partial charge in [-0.2, -0.15) is 5.26 Å². The van der Waals surface area contributed by atoms with Crippen molar-refractivity contribution in [2.75, 3.05) is 0 Å². The molecule has 0 spiro atoms. The van der Waals surface area contributed by atoms with Crippen molar-refractivity contribution >= 4 is 15.6 Å². The van der Waals surface area contributed by atoms with Crippen molar-refractivity contribution < 1.29 is 13.5 Å². The molecule has 1 heterocycles. The Balaban J connectivity index is 2.58. The highest BCUT2D eigenvalue weighted by Crippen LogP contribution is 2.54. The second-order valence-corrected chi connectivity index (χ2v) is 5.65. The SMILES string of the molecule is CC1=CN=C(c2cc(F)ccc2C#N)S1(O)O. The van der Waals surface area contributed by atoms with Crippen LogP contribution in [-0.4, -0.2) is 14.1 Å². The summed E-state index contributed by atoms with van der Waals surface area (Å²) >= 11 is 0. The quantitative estimate of drug-likeness (QED) is 0.806. The Morgan fingerprint density at radius 3 is 2.65 bits per heavy atom. The number of halogens is 1. The number of allylic oxidation sites excluding steroid dienone is 1. The Morgan fingerprint density at radius 1 is 1.41 bits per heavy atom. The highest BCUT2D eigenvalue weighted by atomic mass is 32.3. The van der Waals surface area contributed by atoms with E-state index >= 15 is 0 Å². The predicted octanol–water partition coefficient (Wildman–Crippen LogP) is 3.07. The van der Waals surface area contributed by atoms with Crippen molar-refractivity contribution in [3.05, 3.63) is 46.2 Å². The number of aliphatic imine (C=N–C) groups is 1. The lowest BCUT2D eigenvalue weighted by atomic mass is 10.1. The number of hydrogen-bond acceptors (Lipinski definition) is 4. The fourth-order valence-corrected chi connectivity index (χ4v) is 2.64. The van der Waals surface area contributed by atoms with Gasteiger partial charge in [-0.05, 0) is 25.1 Å². The fraction of sp³-hybridized carbons (Fsp3) is 0.0909. The molecule has 4 nitrogen and oxygen atoms in total. The molecule has 0 saturated heterocycles. The van der Waals surface area contributed by atoms with Crippen LogP contribution in [0.15, 0.2) is 34.3 Å². The van der Waals surface area contributed by atoms with Crippen LogP contribution in [0.25, 0.3) is 0 Å². The van der Waals surface area contributed by atoms with E-state index in [1.807, 2.05) is 6.07 Å². The topological polar surface area (TPSA) is 76.6 Å². The molecule has 0 atom stereocenters. The lowest BCUT2D eigenvalue weighted by Gasteiger charge is -2.30. The minimum Gasteiger partial charge on any atom is -0.289 e. The van der Waals surface area contributed by atoms with Gasteiger partial charge in [0.25, 0.3) is 0 Å². The van der Waals surface area contributed by atoms with Crippen molar-refractivity contribution in [2.24, 2.45) is 4.99 Å². The molecule has 0 saturated carbocycles. The number of hydrogen-bond donors (Lipinski definition) is 2. The Hall–Kier alpha value is -1.68. The molecule has 0 aliphatic carbocycles. The van der Waals surface area contributed by atoms with Crippen molar-refractivity contribution in [1.29, 1.82) is 5.26 Å². The van der Waals surface area contributed by atoms with Gasteiger partial charge in [0.15, 0.2) is 5.04 Å². The molecule has 1 aliphatic rings. The van der Waals surface area contributed by atoms with Crippen LogP contribution in [0, 0.1) is 17.1 Å². The monoisotopic (exact) mass is 252 g/mol. The summed E-state index contributed by atoms with van der Waals surface area (Å²) in [6.07, 6.45) is 1.32. The van der Waals surface area contributed by atoms with Gasteiger partial charge in [-0.1, -0.05) is 0 Å². The lowest BCUT2D eigenvalue weighted by Crippen LogP contribution is -2.12. The Labute approximate surface area is 99.1 Å². The second-order valence-electron chi connectivity index (χ2n) is 3.52. The maximum atomic E-state index is 13.2. The van der Waals surface area contributed by atoms with Gasteiger partial charge in [-0.3, -0.25) is 9.11 Å². The maximum absolute atomic E-state index is 13.2. The standard InChI is InChI=1S/C11H9FN2O2S/c1-7-6-14-11(17(7,15)16)10-4-9(12)3-2-8(10)5-13/h2-4,6,15-16H,1H3. The Bertz CT molecular complexity index is 588. The Kier molecular flexibility index (Phi) is 2.75. The molecule has 1 aromatic carbocycles. The summed E-state index contributed by atoms with van der Waals surface area (Å²) in [5.41, 5.74) is 0.286. The fourth-order valence-electron chi connectivity index (χ4n) is 1.46. The van der Waals surface area contributed by atoms with Gasteiger partial charge in [-0.25, -0.2) is 9.38 Å². The maximum Gasteiger partial charge on any atom is 0.160 e. The second kappa shape index (κ2) is 3.96. The first-order valence-electron chi connectivity index (χ1n) is 4.69. The minimum absolute atomic E-state index is 0.0500. The lowest BCUT2D eigenvalue weighted by molar-refractivity contribution is 0.513. The van der Waals surface area contributed by atoms with Gasteiger partial charge in [0, 0.05) is 11.8 Å². The van der Waals surface area contributed by atoms with Crippen molar-refractivity contribution in [1.82, 2.24) is 0 Å². The van der Waals surface area contributed by atoms with Crippen LogP contribution in [0.4, 0.5) is 4.39 Å². The van der Waals surface area contributed by atoms with E-state index in [2.05, 4.69) is 4.99 Å². The van der Waals surface area contributed by atoms with Crippen LogP contribution in [0.5, 0.6) is 0 Å². The van der Waals surface area contributed by atoms with Gasteiger partial charge in [0.05, 0.1) is 16.5 Å². The molecule has 0 aromatic heterocycles. The largest absolute Gasteiger partial charge is 0.289 e. The summed E-state index contributed by atoms with van der Waals surface area (Å²) in [5.74, 6) is -0.554. The third-order valence-electron chi connectivity index (χ3n) is 2.41. The van der Waals surface area contributed by atoms with Crippen molar-refractivity contribution in [2.45, 2.75) is 6.92 Å². The average molecular weight is 252 g/mol. The smallest absolute Gasteiger partial charge is 0.160 e. The molecule has 88 valence electrons. The summed E-state index contributed by atoms with van der Waals surface area (Å²) < 4.78 is 32.9. The summed E-state index contributed by atoms with van der Waals surface area (Å²) in [6.45, 7) is 1.52. The average Bonchev–Trinajstić information content (AvgIpc) is 2.54. The van der Waals surface area contributed by atoms with Crippen LogP contribution in [0.1, 0.15) is 18.1 Å². The van der Waals surface area contributed by atoms with Crippen LogP contribution in [-0.2, 0) is 0 Å². The summed E-state index contributed by atoms with van der Waals surface area (Å²) in [7, 11) is -3.17. The summed E-state index contributed by atoms with van der Waals surface area (Å²) in [4.78, 5) is 4.17. The zero-order chi connectivity index (χ0) is 12.6.